The molecule has 2 unspecified atom stereocenters. The Bertz CT molecular complexity index is 600. The van der Waals surface area contributed by atoms with E-state index in [0.29, 0.717) is 5.92 Å². The Balaban J connectivity index is 1.74. The first kappa shape index (κ1) is 16.0. The van der Waals surface area contributed by atoms with Crippen LogP contribution in [0.4, 0.5) is 0 Å². The van der Waals surface area contributed by atoms with Gasteiger partial charge in [-0.2, -0.15) is 0 Å². The molecule has 2 aromatic rings. The van der Waals surface area contributed by atoms with Gasteiger partial charge >= 0.3 is 0 Å². The van der Waals surface area contributed by atoms with Gasteiger partial charge in [-0.05, 0) is 42.5 Å². The van der Waals surface area contributed by atoms with E-state index >= 15 is 0 Å². The molecule has 1 aliphatic rings. The summed E-state index contributed by atoms with van der Waals surface area (Å²) in [5, 5.41) is 5.04. The van der Waals surface area contributed by atoms with Gasteiger partial charge in [-0.1, -0.05) is 38.1 Å². The molecule has 1 aliphatic heterocycles. The van der Waals surface area contributed by atoms with Crippen molar-refractivity contribution in [2.45, 2.75) is 44.8 Å². The lowest BCUT2D eigenvalue weighted by Crippen LogP contribution is -2.54. The molecule has 2 atom stereocenters. The summed E-state index contributed by atoms with van der Waals surface area (Å²) < 4.78 is 6.22. The predicted molar refractivity (Wildman–Crippen MR) is 92.6 cm³/mol. The van der Waals surface area contributed by atoms with Crippen molar-refractivity contribution in [3.63, 3.8) is 0 Å². The summed E-state index contributed by atoms with van der Waals surface area (Å²) in [6.45, 7) is 5.41. The molecule has 0 spiro atoms. The zero-order valence-corrected chi connectivity index (χ0v) is 14.0. The quantitative estimate of drug-likeness (QED) is 0.840. The molecule has 0 aliphatic carbocycles. The molecule has 1 radical (unpaired) electrons. The van der Waals surface area contributed by atoms with Gasteiger partial charge in [-0.15, -0.1) is 0 Å². The molecule has 3 rings (SSSR count). The SMILES string of the molecule is CC(C)C1(Cc2cccnc2)CC(Oc2ccccc2)CC[N]1. The number of hydrogen-bond donors (Lipinski definition) is 0. The van der Waals surface area contributed by atoms with Gasteiger partial charge in [0.25, 0.3) is 0 Å². The van der Waals surface area contributed by atoms with Gasteiger partial charge in [0.1, 0.15) is 11.9 Å². The van der Waals surface area contributed by atoms with Gasteiger partial charge in [-0.3, -0.25) is 4.98 Å². The number of ether oxygens (including phenoxy) is 1. The minimum absolute atomic E-state index is 0.0548. The second kappa shape index (κ2) is 7.14. The highest BCUT2D eigenvalue weighted by Gasteiger charge is 2.41. The van der Waals surface area contributed by atoms with Crippen LogP contribution in [0, 0.1) is 5.92 Å². The van der Waals surface area contributed by atoms with Gasteiger partial charge in [0, 0.05) is 30.9 Å². The summed E-state index contributed by atoms with van der Waals surface area (Å²) in [5.74, 6) is 1.43. The maximum atomic E-state index is 6.22. The summed E-state index contributed by atoms with van der Waals surface area (Å²) in [4.78, 5) is 4.25. The topological polar surface area (TPSA) is 36.2 Å². The normalized spacial score (nSPS) is 24.6. The first-order valence-electron chi connectivity index (χ1n) is 8.47. The van der Waals surface area contributed by atoms with Gasteiger partial charge in [0.2, 0.25) is 0 Å². The lowest BCUT2D eigenvalue weighted by molar-refractivity contribution is 0.0675. The van der Waals surface area contributed by atoms with Crippen LogP contribution in [0.1, 0.15) is 32.3 Å². The molecule has 1 saturated heterocycles. The lowest BCUT2D eigenvalue weighted by Gasteiger charge is -2.43. The molecule has 0 N–H and O–H groups in total. The summed E-state index contributed by atoms with van der Waals surface area (Å²) >= 11 is 0. The monoisotopic (exact) mass is 309 g/mol. The van der Waals surface area contributed by atoms with E-state index in [9.17, 15) is 0 Å². The highest BCUT2D eigenvalue weighted by molar-refractivity contribution is 5.22. The number of hydrogen-bond acceptors (Lipinski definition) is 2. The highest BCUT2D eigenvalue weighted by atomic mass is 16.5. The summed E-state index contributed by atoms with van der Waals surface area (Å²) in [5.41, 5.74) is 1.20. The van der Waals surface area contributed by atoms with Crippen molar-refractivity contribution < 1.29 is 4.74 Å². The van der Waals surface area contributed by atoms with E-state index in [1.54, 1.807) is 0 Å². The van der Waals surface area contributed by atoms with E-state index in [0.717, 1.165) is 31.6 Å². The van der Waals surface area contributed by atoms with Crippen LogP contribution in [0.3, 0.4) is 0 Å². The van der Waals surface area contributed by atoms with Gasteiger partial charge in [-0.25, -0.2) is 5.32 Å². The number of nitrogens with zero attached hydrogens (tertiary/aromatic N) is 2. The number of benzene rings is 1. The van der Waals surface area contributed by atoms with Crippen molar-refractivity contribution in [2.24, 2.45) is 5.92 Å². The van der Waals surface area contributed by atoms with Crippen molar-refractivity contribution in [3.05, 3.63) is 60.4 Å². The van der Waals surface area contributed by atoms with Crippen LogP contribution in [0.15, 0.2) is 54.9 Å². The average Bonchev–Trinajstić information content (AvgIpc) is 2.57. The first-order valence-corrected chi connectivity index (χ1v) is 8.47. The van der Waals surface area contributed by atoms with Crippen LogP contribution >= 0.6 is 0 Å². The van der Waals surface area contributed by atoms with Crippen LogP contribution in [-0.2, 0) is 6.42 Å². The van der Waals surface area contributed by atoms with E-state index in [-0.39, 0.29) is 11.6 Å². The molecule has 1 fully saturated rings. The predicted octanol–water partition coefficient (Wildman–Crippen LogP) is 3.86. The number of rotatable bonds is 5. The number of aromatic nitrogens is 1. The maximum absolute atomic E-state index is 6.22. The molecule has 3 heteroatoms. The van der Waals surface area contributed by atoms with Gasteiger partial charge in [0.15, 0.2) is 0 Å². The molecule has 2 heterocycles. The Labute approximate surface area is 139 Å². The summed E-state index contributed by atoms with van der Waals surface area (Å²) in [7, 11) is 0. The minimum atomic E-state index is -0.0548. The second-order valence-electron chi connectivity index (χ2n) is 6.72. The lowest BCUT2D eigenvalue weighted by atomic mass is 9.74. The standard InChI is InChI=1S/C20H25N2O/c1-16(2)20(13-17-7-6-11-21-15-17)14-19(10-12-22-20)23-18-8-4-3-5-9-18/h3-9,11,15-16,19H,10,12-14H2,1-2H3. The van der Waals surface area contributed by atoms with Crippen molar-refractivity contribution in [3.8, 4) is 5.75 Å². The molecule has 0 saturated carbocycles. The van der Waals surface area contributed by atoms with Crippen molar-refractivity contribution in [2.75, 3.05) is 6.54 Å². The third kappa shape index (κ3) is 3.91. The third-order valence-electron chi connectivity index (χ3n) is 4.81. The molecule has 0 amide bonds. The van der Waals surface area contributed by atoms with E-state index < -0.39 is 0 Å². The number of para-hydroxylation sites is 1. The molecule has 1 aromatic carbocycles. The Hall–Kier alpha value is -1.87. The fourth-order valence-corrected chi connectivity index (χ4v) is 3.39. The minimum Gasteiger partial charge on any atom is -0.490 e. The molecular weight excluding hydrogens is 284 g/mol. The van der Waals surface area contributed by atoms with Crippen molar-refractivity contribution >= 4 is 0 Å². The molecule has 23 heavy (non-hydrogen) atoms. The van der Waals surface area contributed by atoms with Gasteiger partial charge in [0.05, 0.1) is 0 Å². The van der Waals surface area contributed by atoms with E-state index in [1.807, 2.05) is 48.8 Å². The van der Waals surface area contributed by atoms with Crippen LogP contribution in [0.25, 0.3) is 0 Å². The highest BCUT2D eigenvalue weighted by Crippen LogP contribution is 2.34. The maximum Gasteiger partial charge on any atom is 0.119 e. The van der Waals surface area contributed by atoms with Crippen molar-refractivity contribution in [1.29, 1.82) is 0 Å². The van der Waals surface area contributed by atoms with E-state index in [4.69, 9.17) is 10.1 Å². The van der Waals surface area contributed by atoms with Gasteiger partial charge < -0.3 is 4.74 Å². The van der Waals surface area contributed by atoms with Crippen LogP contribution in [0.2, 0.25) is 0 Å². The smallest absolute Gasteiger partial charge is 0.119 e. The molecular formula is C20H25N2O. The number of piperidine rings is 1. The van der Waals surface area contributed by atoms with Crippen molar-refractivity contribution in [1.82, 2.24) is 10.3 Å². The fraction of sp³-hybridized carbons (Fsp3) is 0.450. The first-order chi connectivity index (χ1) is 11.2. The van der Waals surface area contributed by atoms with Crippen LogP contribution in [0.5, 0.6) is 5.75 Å². The second-order valence-corrected chi connectivity index (χ2v) is 6.72. The Morgan fingerprint density at radius 2 is 2.00 bits per heavy atom. The Morgan fingerprint density at radius 1 is 1.17 bits per heavy atom. The van der Waals surface area contributed by atoms with E-state index in [2.05, 4.69) is 24.9 Å². The number of pyridine rings is 1. The fourth-order valence-electron chi connectivity index (χ4n) is 3.39. The molecule has 1 aromatic heterocycles. The third-order valence-corrected chi connectivity index (χ3v) is 4.81. The summed E-state index contributed by atoms with van der Waals surface area (Å²) in [6.07, 6.45) is 6.92. The largest absolute Gasteiger partial charge is 0.490 e. The Morgan fingerprint density at radius 3 is 2.70 bits per heavy atom. The molecule has 3 nitrogen and oxygen atoms in total. The van der Waals surface area contributed by atoms with E-state index in [1.165, 1.54) is 5.56 Å². The summed E-state index contributed by atoms with van der Waals surface area (Å²) in [6, 6.07) is 14.3. The van der Waals surface area contributed by atoms with Crippen LogP contribution < -0.4 is 10.1 Å². The van der Waals surface area contributed by atoms with Crippen LogP contribution in [-0.4, -0.2) is 23.2 Å². The zero-order chi connectivity index (χ0) is 16.1. The average molecular weight is 309 g/mol. The zero-order valence-electron chi connectivity index (χ0n) is 14.0. The molecule has 121 valence electrons. The Kier molecular flexibility index (Phi) is 4.97. The molecule has 0 bridgehead atoms.